The van der Waals surface area contributed by atoms with Crippen LogP contribution in [0.2, 0.25) is 0 Å². The Hall–Kier alpha value is 0. The average Bonchev–Trinajstić information content (AvgIpc) is 2.82. The van der Waals surface area contributed by atoms with E-state index in [0.29, 0.717) is 5.41 Å². The molecule has 2 rings (SSSR count). The van der Waals surface area contributed by atoms with E-state index in [4.69, 9.17) is 0 Å². The number of hydrogen-bond acceptors (Lipinski definition) is 0. The highest BCUT2D eigenvalue weighted by Gasteiger charge is 2.53. The molecule has 0 heterocycles. The zero-order valence-corrected chi connectivity index (χ0v) is 16.3. The third kappa shape index (κ3) is 3.57. The Morgan fingerprint density at radius 1 is 0.955 bits per heavy atom. The lowest BCUT2D eigenvalue weighted by Gasteiger charge is -2.50. The molecule has 130 valence electrons. The Kier molecular flexibility index (Phi) is 6.43. The third-order valence-electron chi connectivity index (χ3n) is 7.78. The van der Waals surface area contributed by atoms with Crippen LogP contribution in [0.4, 0.5) is 0 Å². The van der Waals surface area contributed by atoms with Gasteiger partial charge in [0.1, 0.15) is 0 Å². The summed E-state index contributed by atoms with van der Waals surface area (Å²) < 4.78 is 0. The highest BCUT2D eigenvalue weighted by atomic mass is 14.6. The van der Waals surface area contributed by atoms with E-state index in [2.05, 4.69) is 41.5 Å². The van der Waals surface area contributed by atoms with Gasteiger partial charge in [-0.3, -0.25) is 0 Å². The maximum absolute atomic E-state index is 2.68. The Labute approximate surface area is 140 Å². The lowest BCUT2D eigenvalue weighted by molar-refractivity contribution is -0.00699. The molecule has 0 aliphatic heterocycles. The minimum atomic E-state index is 0.670. The molecule has 0 bridgehead atoms. The predicted molar refractivity (Wildman–Crippen MR) is 99.0 cm³/mol. The summed E-state index contributed by atoms with van der Waals surface area (Å²) in [5, 5.41) is 0. The van der Waals surface area contributed by atoms with Crippen molar-refractivity contribution in [2.75, 3.05) is 0 Å². The second-order valence-corrected chi connectivity index (χ2v) is 9.38. The van der Waals surface area contributed by atoms with Gasteiger partial charge in [-0.15, -0.1) is 0 Å². The lowest BCUT2D eigenvalue weighted by atomic mass is 9.55. The number of hydrogen-bond donors (Lipinski definition) is 0. The highest BCUT2D eigenvalue weighted by molar-refractivity contribution is 5.02. The summed E-state index contributed by atoms with van der Waals surface area (Å²) in [5.41, 5.74) is 0.670. The average molecular weight is 307 g/mol. The van der Waals surface area contributed by atoms with Crippen LogP contribution in [0, 0.1) is 40.9 Å². The predicted octanol–water partition coefficient (Wildman–Crippen LogP) is 7.33. The Morgan fingerprint density at radius 3 is 2.27 bits per heavy atom. The van der Waals surface area contributed by atoms with Crippen molar-refractivity contribution in [1.82, 2.24) is 0 Å². The van der Waals surface area contributed by atoms with Crippen LogP contribution in [0.15, 0.2) is 0 Å². The molecule has 2 saturated carbocycles. The molecule has 0 aromatic rings. The first kappa shape index (κ1) is 18.3. The molecule has 0 heteroatoms. The topological polar surface area (TPSA) is 0 Å². The molecule has 2 aliphatic carbocycles. The minimum absolute atomic E-state index is 0.670. The van der Waals surface area contributed by atoms with Crippen LogP contribution in [0.5, 0.6) is 0 Å². The fourth-order valence-electron chi connectivity index (χ4n) is 6.51. The molecule has 2 fully saturated rings. The Bertz CT molecular complexity index is 331. The van der Waals surface area contributed by atoms with Crippen LogP contribution in [-0.2, 0) is 0 Å². The van der Waals surface area contributed by atoms with Gasteiger partial charge in [0.2, 0.25) is 0 Å². The first-order valence-electron chi connectivity index (χ1n) is 10.4. The van der Waals surface area contributed by atoms with Crippen molar-refractivity contribution >= 4 is 0 Å². The van der Waals surface area contributed by atoms with Crippen molar-refractivity contribution in [2.24, 2.45) is 40.9 Å². The normalized spacial score (nSPS) is 40.0. The SMILES string of the molecule is CCC1CCC2(C)C(C(C)CCCC(C)C)CCC2C1CC. The van der Waals surface area contributed by atoms with E-state index in [1.54, 1.807) is 0 Å². The highest BCUT2D eigenvalue weighted by Crippen LogP contribution is 2.62. The maximum Gasteiger partial charge on any atom is -0.0264 e. The lowest BCUT2D eigenvalue weighted by Crippen LogP contribution is -2.42. The van der Waals surface area contributed by atoms with E-state index in [-0.39, 0.29) is 0 Å². The molecule has 2 aliphatic rings. The molecule has 0 N–H and O–H groups in total. The van der Waals surface area contributed by atoms with E-state index in [9.17, 15) is 0 Å². The second kappa shape index (κ2) is 7.71. The molecule has 0 amide bonds. The van der Waals surface area contributed by atoms with Gasteiger partial charge in [-0.05, 0) is 66.6 Å². The van der Waals surface area contributed by atoms with Gasteiger partial charge in [-0.1, -0.05) is 73.6 Å². The standard InChI is InChI=1S/C22H42/c1-7-18-14-15-22(6)20(12-13-21(22)19(18)8-2)17(5)11-9-10-16(3)4/h16-21H,7-15H2,1-6H3. The van der Waals surface area contributed by atoms with Crippen molar-refractivity contribution in [1.29, 1.82) is 0 Å². The first-order valence-corrected chi connectivity index (χ1v) is 10.4. The molecule has 0 aromatic heterocycles. The molecule has 22 heavy (non-hydrogen) atoms. The molecule has 0 aromatic carbocycles. The van der Waals surface area contributed by atoms with Crippen LogP contribution in [0.1, 0.15) is 99.3 Å². The Morgan fingerprint density at radius 2 is 1.68 bits per heavy atom. The summed E-state index contributed by atoms with van der Waals surface area (Å²) in [6.45, 7) is 14.9. The molecule has 0 nitrogen and oxygen atoms in total. The van der Waals surface area contributed by atoms with E-state index >= 15 is 0 Å². The van der Waals surface area contributed by atoms with Crippen molar-refractivity contribution in [3.8, 4) is 0 Å². The molecule has 6 unspecified atom stereocenters. The summed E-state index contributed by atoms with van der Waals surface area (Å²) in [4.78, 5) is 0. The molecule has 0 saturated heterocycles. The van der Waals surface area contributed by atoms with Crippen molar-refractivity contribution in [3.63, 3.8) is 0 Å². The fourth-order valence-corrected chi connectivity index (χ4v) is 6.51. The molecular weight excluding hydrogens is 264 g/mol. The summed E-state index contributed by atoms with van der Waals surface area (Å²) in [6.07, 6.45) is 13.3. The van der Waals surface area contributed by atoms with Crippen molar-refractivity contribution in [2.45, 2.75) is 99.3 Å². The van der Waals surface area contributed by atoms with Gasteiger partial charge in [0, 0.05) is 0 Å². The van der Waals surface area contributed by atoms with Gasteiger partial charge >= 0.3 is 0 Å². The maximum atomic E-state index is 2.68. The van der Waals surface area contributed by atoms with Crippen molar-refractivity contribution in [3.05, 3.63) is 0 Å². The van der Waals surface area contributed by atoms with Crippen LogP contribution in [-0.4, -0.2) is 0 Å². The minimum Gasteiger partial charge on any atom is -0.0651 e. The molecular formula is C22H42. The Balaban J connectivity index is 2.01. The van der Waals surface area contributed by atoms with Gasteiger partial charge in [-0.2, -0.15) is 0 Å². The van der Waals surface area contributed by atoms with Crippen LogP contribution in [0.3, 0.4) is 0 Å². The fraction of sp³-hybridized carbons (Fsp3) is 1.00. The largest absolute Gasteiger partial charge is 0.0651 e. The van der Waals surface area contributed by atoms with Crippen LogP contribution in [0.25, 0.3) is 0 Å². The molecule has 0 radical (unpaired) electrons. The first-order chi connectivity index (χ1) is 10.4. The van der Waals surface area contributed by atoms with E-state index < -0.39 is 0 Å². The van der Waals surface area contributed by atoms with Gasteiger partial charge in [0.15, 0.2) is 0 Å². The van der Waals surface area contributed by atoms with Gasteiger partial charge in [0.25, 0.3) is 0 Å². The van der Waals surface area contributed by atoms with Gasteiger partial charge in [-0.25, -0.2) is 0 Å². The quantitative estimate of drug-likeness (QED) is 0.462. The monoisotopic (exact) mass is 306 g/mol. The summed E-state index contributed by atoms with van der Waals surface area (Å²) in [6, 6.07) is 0. The van der Waals surface area contributed by atoms with E-state index in [0.717, 1.165) is 35.5 Å². The van der Waals surface area contributed by atoms with Crippen LogP contribution >= 0.6 is 0 Å². The summed E-state index contributed by atoms with van der Waals surface area (Å²) in [7, 11) is 0. The molecule has 6 atom stereocenters. The zero-order valence-electron chi connectivity index (χ0n) is 16.3. The van der Waals surface area contributed by atoms with Gasteiger partial charge in [0.05, 0.1) is 0 Å². The number of rotatable bonds is 7. The number of fused-ring (bicyclic) bond motifs is 1. The third-order valence-corrected chi connectivity index (χ3v) is 7.78. The van der Waals surface area contributed by atoms with Crippen molar-refractivity contribution < 1.29 is 0 Å². The zero-order chi connectivity index (χ0) is 16.3. The smallest absolute Gasteiger partial charge is 0.0264 e. The van der Waals surface area contributed by atoms with E-state index in [1.807, 2.05) is 0 Å². The second-order valence-electron chi connectivity index (χ2n) is 9.38. The summed E-state index contributed by atoms with van der Waals surface area (Å²) in [5.74, 6) is 5.92. The molecule has 0 spiro atoms. The van der Waals surface area contributed by atoms with Gasteiger partial charge < -0.3 is 0 Å². The summed E-state index contributed by atoms with van der Waals surface area (Å²) >= 11 is 0. The van der Waals surface area contributed by atoms with Crippen LogP contribution < -0.4 is 0 Å². The van der Waals surface area contributed by atoms with E-state index in [1.165, 1.54) is 57.8 Å².